The summed E-state index contributed by atoms with van der Waals surface area (Å²) < 4.78 is 1.97. The zero-order chi connectivity index (χ0) is 13.2. The van der Waals surface area contributed by atoms with Crippen LogP contribution in [0.5, 0.6) is 0 Å². The number of nitrogens with zero attached hydrogens (tertiary/aromatic N) is 2. The molecule has 0 aliphatic heterocycles. The van der Waals surface area contributed by atoms with Gasteiger partial charge < -0.3 is 5.32 Å². The molecule has 0 aliphatic rings. The van der Waals surface area contributed by atoms with Gasteiger partial charge in [0, 0.05) is 12.7 Å². The van der Waals surface area contributed by atoms with Crippen LogP contribution in [0.1, 0.15) is 32.0 Å². The maximum absolute atomic E-state index is 4.60. The number of hydrogen-bond acceptors (Lipinski definition) is 2. The molecular formula is C15H21N3. The highest BCUT2D eigenvalue weighted by Gasteiger charge is 2.18. The zero-order valence-corrected chi connectivity index (χ0v) is 11.6. The summed E-state index contributed by atoms with van der Waals surface area (Å²) in [6.07, 6.45) is 2.03. The van der Waals surface area contributed by atoms with Gasteiger partial charge in [-0.05, 0) is 30.2 Å². The summed E-state index contributed by atoms with van der Waals surface area (Å²) in [6.45, 7) is 7.47. The van der Waals surface area contributed by atoms with E-state index in [0.29, 0.717) is 0 Å². The number of para-hydroxylation sites is 1. The van der Waals surface area contributed by atoms with Crippen LogP contribution in [0.2, 0.25) is 0 Å². The van der Waals surface area contributed by atoms with Crippen molar-refractivity contribution in [3.63, 3.8) is 0 Å². The van der Waals surface area contributed by atoms with E-state index in [4.69, 9.17) is 0 Å². The molecule has 1 aromatic carbocycles. The first-order chi connectivity index (χ1) is 8.52. The van der Waals surface area contributed by atoms with E-state index in [-0.39, 0.29) is 5.41 Å². The summed E-state index contributed by atoms with van der Waals surface area (Å²) in [5.74, 6) is 0. The number of benzene rings is 1. The van der Waals surface area contributed by atoms with Gasteiger partial charge >= 0.3 is 0 Å². The molecule has 0 unspecified atom stereocenters. The molecule has 0 amide bonds. The van der Waals surface area contributed by atoms with Gasteiger partial charge in [-0.2, -0.15) is 5.10 Å². The van der Waals surface area contributed by atoms with Crippen LogP contribution in [-0.2, 0) is 12.0 Å². The van der Waals surface area contributed by atoms with Gasteiger partial charge in [0.2, 0.25) is 0 Å². The van der Waals surface area contributed by atoms with Crippen molar-refractivity contribution < 1.29 is 0 Å². The van der Waals surface area contributed by atoms with Gasteiger partial charge in [0.05, 0.1) is 11.4 Å². The molecule has 0 atom stereocenters. The van der Waals surface area contributed by atoms with Gasteiger partial charge in [-0.15, -0.1) is 0 Å². The number of hydrogen-bond donors (Lipinski definition) is 1. The minimum absolute atomic E-state index is 0.117. The van der Waals surface area contributed by atoms with Crippen LogP contribution in [0, 0.1) is 0 Å². The van der Waals surface area contributed by atoms with E-state index in [1.54, 1.807) is 0 Å². The predicted octanol–water partition coefficient (Wildman–Crippen LogP) is 2.89. The van der Waals surface area contributed by atoms with Gasteiger partial charge in [0.1, 0.15) is 0 Å². The molecule has 1 heterocycles. The average molecular weight is 243 g/mol. The summed E-state index contributed by atoms with van der Waals surface area (Å²) in [5.41, 5.74) is 3.64. The summed E-state index contributed by atoms with van der Waals surface area (Å²) in [5, 5.41) is 7.72. The summed E-state index contributed by atoms with van der Waals surface area (Å²) in [7, 11) is 1.93. The van der Waals surface area contributed by atoms with Crippen molar-refractivity contribution in [3.05, 3.63) is 47.8 Å². The Balaban J connectivity index is 2.43. The Morgan fingerprint density at radius 2 is 1.89 bits per heavy atom. The van der Waals surface area contributed by atoms with Crippen molar-refractivity contribution >= 4 is 0 Å². The number of rotatable bonds is 3. The second-order valence-electron chi connectivity index (χ2n) is 5.55. The molecule has 0 saturated carbocycles. The van der Waals surface area contributed by atoms with Crippen molar-refractivity contribution in [2.45, 2.75) is 32.7 Å². The third kappa shape index (κ3) is 2.62. The van der Waals surface area contributed by atoms with Gasteiger partial charge in [0.25, 0.3) is 0 Å². The van der Waals surface area contributed by atoms with Crippen molar-refractivity contribution in [2.24, 2.45) is 0 Å². The SMILES string of the molecule is CNCc1ccn(-c2ccccc2C(C)(C)C)n1. The fourth-order valence-electron chi connectivity index (χ4n) is 2.08. The second kappa shape index (κ2) is 4.94. The van der Waals surface area contributed by atoms with E-state index < -0.39 is 0 Å². The lowest BCUT2D eigenvalue weighted by molar-refractivity contribution is 0.582. The van der Waals surface area contributed by atoms with Crippen LogP contribution < -0.4 is 5.32 Å². The molecule has 96 valence electrons. The highest BCUT2D eigenvalue weighted by Crippen LogP contribution is 2.27. The van der Waals surface area contributed by atoms with E-state index in [1.165, 1.54) is 5.56 Å². The lowest BCUT2D eigenvalue weighted by atomic mass is 9.86. The lowest BCUT2D eigenvalue weighted by Crippen LogP contribution is -2.15. The van der Waals surface area contributed by atoms with Gasteiger partial charge in [-0.1, -0.05) is 39.0 Å². The van der Waals surface area contributed by atoms with Crippen LogP contribution in [0.25, 0.3) is 5.69 Å². The summed E-state index contributed by atoms with van der Waals surface area (Å²) in [4.78, 5) is 0. The summed E-state index contributed by atoms with van der Waals surface area (Å²) >= 11 is 0. The Morgan fingerprint density at radius 1 is 1.17 bits per heavy atom. The highest BCUT2D eigenvalue weighted by atomic mass is 15.3. The average Bonchev–Trinajstić information content (AvgIpc) is 2.77. The maximum atomic E-state index is 4.60. The van der Waals surface area contributed by atoms with Crippen LogP contribution in [0.15, 0.2) is 36.5 Å². The quantitative estimate of drug-likeness (QED) is 0.898. The molecule has 0 saturated heterocycles. The Hall–Kier alpha value is -1.61. The molecule has 0 fully saturated rings. The minimum atomic E-state index is 0.117. The fraction of sp³-hybridized carbons (Fsp3) is 0.400. The molecule has 0 bridgehead atoms. The summed E-state index contributed by atoms with van der Waals surface area (Å²) in [6, 6.07) is 10.5. The van der Waals surface area contributed by atoms with Gasteiger partial charge in [-0.25, -0.2) is 4.68 Å². The van der Waals surface area contributed by atoms with E-state index in [1.807, 2.05) is 17.9 Å². The highest BCUT2D eigenvalue weighted by molar-refractivity contribution is 5.44. The molecule has 1 aromatic heterocycles. The molecular weight excluding hydrogens is 222 g/mol. The van der Waals surface area contributed by atoms with Crippen molar-refractivity contribution in [1.82, 2.24) is 15.1 Å². The number of aromatic nitrogens is 2. The Labute approximate surface area is 109 Å². The van der Waals surface area contributed by atoms with Crippen molar-refractivity contribution in [3.8, 4) is 5.69 Å². The molecule has 1 N–H and O–H groups in total. The molecule has 3 heteroatoms. The standard InChI is InChI=1S/C15H21N3/c1-15(2,3)13-7-5-6-8-14(13)18-10-9-12(17-18)11-16-4/h5-10,16H,11H2,1-4H3. The first-order valence-corrected chi connectivity index (χ1v) is 6.31. The Morgan fingerprint density at radius 3 is 2.56 bits per heavy atom. The van der Waals surface area contributed by atoms with E-state index in [2.05, 4.69) is 61.5 Å². The monoisotopic (exact) mass is 243 g/mol. The van der Waals surface area contributed by atoms with Crippen LogP contribution in [0.3, 0.4) is 0 Å². The third-order valence-electron chi connectivity index (χ3n) is 2.96. The molecule has 18 heavy (non-hydrogen) atoms. The normalized spacial score (nSPS) is 11.8. The van der Waals surface area contributed by atoms with Crippen molar-refractivity contribution in [2.75, 3.05) is 7.05 Å². The third-order valence-corrected chi connectivity index (χ3v) is 2.96. The topological polar surface area (TPSA) is 29.9 Å². The van der Waals surface area contributed by atoms with Gasteiger partial charge in [-0.3, -0.25) is 0 Å². The Bertz CT molecular complexity index is 521. The molecule has 2 aromatic rings. The molecule has 0 radical (unpaired) electrons. The van der Waals surface area contributed by atoms with E-state index >= 15 is 0 Å². The fourth-order valence-corrected chi connectivity index (χ4v) is 2.08. The maximum Gasteiger partial charge on any atom is 0.0766 e. The first-order valence-electron chi connectivity index (χ1n) is 6.31. The first kappa shape index (κ1) is 12.8. The second-order valence-corrected chi connectivity index (χ2v) is 5.55. The van der Waals surface area contributed by atoms with E-state index in [0.717, 1.165) is 17.9 Å². The van der Waals surface area contributed by atoms with Gasteiger partial charge in [0.15, 0.2) is 0 Å². The molecule has 0 spiro atoms. The zero-order valence-electron chi connectivity index (χ0n) is 11.6. The Kier molecular flexibility index (Phi) is 3.53. The molecule has 2 rings (SSSR count). The van der Waals surface area contributed by atoms with Crippen molar-refractivity contribution in [1.29, 1.82) is 0 Å². The number of nitrogens with one attached hydrogen (secondary N) is 1. The molecule has 3 nitrogen and oxygen atoms in total. The smallest absolute Gasteiger partial charge is 0.0766 e. The predicted molar refractivity (Wildman–Crippen MR) is 75.0 cm³/mol. The van der Waals surface area contributed by atoms with Crippen LogP contribution >= 0.6 is 0 Å². The van der Waals surface area contributed by atoms with Crippen LogP contribution in [-0.4, -0.2) is 16.8 Å². The molecule has 0 aliphatic carbocycles. The minimum Gasteiger partial charge on any atom is -0.314 e. The van der Waals surface area contributed by atoms with Crippen LogP contribution in [0.4, 0.5) is 0 Å². The largest absolute Gasteiger partial charge is 0.314 e. The van der Waals surface area contributed by atoms with E-state index in [9.17, 15) is 0 Å². The lowest BCUT2D eigenvalue weighted by Gasteiger charge is -2.22.